The van der Waals surface area contributed by atoms with Gasteiger partial charge in [0.15, 0.2) is 0 Å². The standard InChI is InChI=1S/C18H22N10O5S2/c19-6-7-22-35(32,33)13-5-4-9(14(16(13)34(21,30)31)18-25-27-28-26-18)10-2-1-3-12-15(10)24-17(23-12)11(20)8-29/h1-5,11,22,29H,6-8,19-20H2,(H,23,24)(H2,21,30,31)(H,25,26,27,28). The second kappa shape index (κ2) is 9.38. The highest BCUT2D eigenvalue weighted by Crippen LogP contribution is 2.40. The molecule has 2 aromatic carbocycles. The van der Waals surface area contributed by atoms with Gasteiger partial charge >= 0.3 is 0 Å². The number of aromatic nitrogens is 6. The first kappa shape index (κ1) is 24.8. The highest BCUT2D eigenvalue weighted by Gasteiger charge is 2.32. The van der Waals surface area contributed by atoms with Crippen LogP contribution in [0.1, 0.15) is 11.9 Å². The van der Waals surface area contributed by atoms with Crippen LogP contribution in [-0.4, -0.2) is 72.2 Å². The molecule has 186 valence electrons. The molecule has 1 unspecified atom stereocenters. The third kappa shape index (κ3) is 4.65. The van der Waals surface area contributed by atoms with Gasteiger partial charge in [0, 0.05) is 18.7 Å². The largest absolute Gasteiger partial charge is 0.394 e. The lowest BCUT2D eigenvalue weighted by atomic mass is 9.98. The molecule has 0 spiro atoms. The summed E-state index contributed by atoms with van der Waals surface area (Å²) >= 11 is 0. The van der Waals surface area contributed by atoms with Crippen molar-refractivity contribution in [2.24, 2.45) is 16.6 Å². The zero-order valence-electron chi connectivity index (χ0n) is 18.0. The Kier molecular flexibility index (Phi) is 6.64. The highest BCUT2D eigenvalue weighted by atomic mass is 32.2. The van der Waals surface area contributed by atoms with Crippen LogP contribution in [0.4, 0.5) is 0 Å². The van der Waals surface area contributed by atoms with Crippen molar-refractivity contribution >= 4 is 31.1 Å². The number of nitrogens with zero attached hydrogens (tertiary/aromatic N) is 4. The van der Waals surface area contributed by atoms with Gasteiger partial charge in [-0.2, -0.15) is 5.21 Å². The molecule has 1 atom stereocenters. The van der Waals surface area contributed by atoms with Crippen molar-refractivity contribution in [1.82, 2.24) is 35.3 Å². The monoisotopic (exact) mass is 522 g/mol. The number of rotatable bonds is 9. The van der Waals surface area contributed by atoms with Gasteiger partial charge in [0.1, 0.15) is 15.6 Å². The maximum absolute atomic E-state index is 12.9. The summed E-state index contributed by atoms with van der Waals surface area (Å²) in [6.07, 6.45) is 0. The Morgan fingerprint density at radius 1 is 1.11 bits per heavy atom. The maximum Gasteiger partial charge on any atom is 0.241 e. The molecule has 4 aromatic rings. The molecular formula is C18H22N10O5S2. The summed E-state index contributed by atoms with van der Waals surface area (Å²) < 4.78 is 53.7. The Labute approximate surface area is 199 Å². The molecule has 0 aliphatic carbocycles. The molecule has 0 aliphatic heterocycles. The summed E-state index contributed by atoms with van der Waals surface area (Å²) in [5.41, 5.74) is 12.6. The number of aliphatic hydroxyl groups is 1. The molecule has 0 radical (unpaired) electrons. The number of imidazole rings is 1. The van der Waals surface area contributed by atoms with Crippen molar-refractivity contribution < 1.29 is 21.9 Å². The van der Waals surface area contributed by atoms with Crippen molar-refractivity contribution in [1.29, 1.82) is 0 Å². The van der Waals surface area contributed by atoms with Gasteiger partial charge in [0.25, 0.3) is 0 Å². The van der Waals surface area contributed by atoms with E-state index in [4.69, 9.17) is 16.6 Å². The van der Waals surface area contributed by atoms with Crippen LogP contribution in [0.25, 0.3) is 33.5 Å². The lowest BCUT2D eigenvalue weighted by molar-refractivity contribution is 0.264. The third-order valence-corrected chi connectivity index (χ3v) is 7.70. The molecule has 35 heavy (non-hydrogen) atoms. The van der Waals surface area contributed by atoms with Crippen molar-refractivity contribution in [3.05, 3.63) is 36.2 Å². The summed E-state index contributed by atoms with van der Waals surface area (Å²) in [5, 5.41) is 28.4. The van der Waals surface area contributed by atoms with Crippen LogP contribution < -0.4 is 21.3 Å². The number of hydrogen-bond acceptors (Lipinski definition) is 11. The van der Waals surface area contributed by atoms with Crippen LogP contribution in [-0.2, 0) is 20.0 Å². The molecule has 0 aliphatic rings. The predicted octanol–water partition coefficient (Wildman–Crippen LogP) is -1.71. The molecule has 4 rings (SSSR count). The van der Waals surface area contributed by atoms with Crippen molar-refractivity contribution in [3.63, 3.8) is 0 Å². The number of aliphatic hydroxyl groups excluding tert-OH is 1. The number of para-hydroxylation sites is 1. The Morgan fingerprint density at radius 3 is 2.51 bits per heavy atom. The SMILES string of the molecule is NCCNS(=O)(=O)c1ccc(-c2cccc3[nH]c(C(N)CO)nc23)c(-c2nn[nH]n2)c1S(N)(=O)=O. The van der Waals surface area contributed by atoms with E-state index in [1.54, 1.807) is 18.2 Å². The molecule has 0 bridgehead atoms. The molecule has 0 saturated carbocycles. The van der Waals surface area contributed by atoms with E-state index in [1.807, 2.05) is 0 Å². The predicted molar refractivity (Wildman–Crippen MR) is 124 cm³/mol. The fraction of sp³-hybridized carbons (Fsp3) is 0.222. The van der Waals surface area contributed by atoms with Crippen LogP contribution in [0.2, 0.25) is 0 Å². The van der Waals surface area contributed by atoms with E-state index >= 15 is 0 Å². The molecule has 2 aromatic heterocycles. The zero-order chi connectivity index (χ0) is 25.4. The van der Waals surface area contributed by atoms with E-state index in [9.17, 15) is 21.9 Å². The van der Waals surface area contributed by atoms with Crippen LogP contribution in [0.15, 0.2) is 40.1 Å². The molecule has 2 heterocycles. The maximum atomic E-state index is 12.9. The van der Waals surface area contributed by atoms with E-state index in [2.05, 4.69) is 35.3 Å². The average Bonchev–Trinajstić information content (AvgIpc) is 3.50. The highest BCUT2D eigenvalue weighted by molar-refractivity contribution is 7.92. The summed E-state index contributed by atoms with van der Waals surface area (Å²) in [5.74, 6) is 0.0904. The number of benzene rings is 2. The van der Waals surface area contributed by atoms with Gasteiger partial charge in [-0.1, -0.05) is 18.2 Å². The number of tetrazole rings is 1. The number of H-pyrrole nitrogens is 2. The Morgan fingerprint density at radius 2 is 1.89 bits per heavy atom. The van der Waals surface area contributed by atoms with E-state index < -0.39 is 35.9 Å². The van der Waals surface area contributed by atoms with Gasteiger partial charge in [-0.25, -0.2) is 31.7 Å². The Bertz CT molecular complexity index is 1580. The van der Waals surface area contributed by atoms with E-state index in [1.165, 1.54) is 6.07 Å². The molecular weight excluding hydrogens is 500 g/mol. The molecule has 10 N–H and O–H groups in total. The summed E-state index contributed by atoms with van der Waals surface area (Å²) in [6.45, 7) is -0.507. The van der Waals surface area contributed by atoms with E-state index in [-0.39, 0.29) is 36.6 Å². The number of aromatic amines is 2. The third-order valence-electron chi connectivity index (χ3n) is 5.07. The quantitative estimate of drug-likeness (QED) is 0.130. The molecule has 17 heteroatoms. The second-order valence-electron chi connectivity index (χ2n) is 7.40. The van der Waals surface area contributed by atoms with Gasteiger partial charge in [-0.05, 0) is 22.9 Å². The summed E-state index contributed by atoms with van der Waals surface area (Å²) in [7, 11) is -8.99. The van der Waals surface area contributed by atoms with Crippen LogP contribution in [0, 0.1) is 0 Å². The van der Waals surface area contributed by atoms with Crippen molar-refractivity contribution in [2.45, 2.75) is 15.8 Å². The van der Waals surface area contributed by atoms with Crippen LogP contribution >= 0.6 is 0 Å². The van der Waals surface area contributed by atoms with E-state index in [0.717, 1.165) is 6.07 Å². The normalized spacial score (nSPS) is 13.4. The first-order chi connectivity index (χ1) is 16.6. The Balaban J connectivity index is 2.10. The average molecular weight is 523 g/mol. The van der Waals surface area contributed by atoms with E-state index in [0.29, 0.717) is 22.4 Å². The van der Waals surface area contributed by atoms with Gasteiger partial charge in [-0.15, -0.1) is 10.2 Å². The lowest BCUT2D eigenvalue weighted by Crippen LogP contribution is -2.31. The number of primary sulfonamides is 1. The first-order valence-electron chi connectivity index (χ1n) is 10.1. The first-order valence-corrected chi connectivity index (χ1v) is 13.1. The number of hydrogen-bond donors (Lipinski definition) is 7. The van der Waals surface area contributed by atoms with Crippen molar-refractivity contribution in [3.8, 4) is 22.5 Å². The smallest absolute Gasteiger partial charge is 0.241 e. The fourth-order valence-corrected chi connectivity index (χ4v) is 6.22. The second-order valence-corrected chi connectivity index (χ2v) is 10.6. The topological polar surface area (TPSA) is 262 Å². The van der Waals surface area contributed by atoms with Crippen LogP contribution in [0.3, 0.4) is 0 Å². The summed E-state index contributed by atoms with van der Waals surface area (Å²) in [6, 6.07) is 6.76. The van der Waals surface area contributed by atoms with Gasteiger partial charge in [-0.3, -0.25) is 0 Å². The minimum Gasteiger partial charge on any atom is -0.394 e. The molecule has 0 saturated heterocycles. The van der Waals surface area contributed by atoms with Gasteiger partial charge in [0.2, 0.25) is 25.9 Å². The molecule has 0 fully saturated rings. The summed E-state index contributed by atoms with van der Waals surface area (Å²) in [4.78, 5) is 6.14. The molecule has 0 amide bonds. The van der Waals surface area contributed by atoms with Crippen molar-refractivity contribution in [2.75, 3.05) is 19.7 Å². The number of nitrogens with one attached hydrogen (secondary N) is 3. The number of nitrogens with two attached hydrogens (primary N) is 3. The van der Waals surface area contributed by atoms with Gasteiger partial charge < -0.3 is 21.6 Å². The molecule has 15 nitrogen and oxygen atoms in total. The zero-order valence-corrected chi connectivity index (χ0v) is 19.6. The number of sulfonamides is 2. The van der Waals surface area contributed by atoms with Crippen LogP contribution in [0.5, 0.6) is 0 Å². The van der Waals surface area contributed by atoms with Gasteiger partial charge in [0.05, 0.1) is 29.2 Å². The number of fused-ring (bicyclic) bond motifs is 1. The fourth-order valence-electron chi connectivity index (χ4n) is 3.57. The lowest BCUT2D eigenvalue weighted by Gasteiger charge is -2.16. The Hall–Kier alpha value is -3.32. The minimum atomic E-state index is -4.65. The minimum absolute atomic E-state index is 0.0147.